The zero-order valence-corrected chi connectivity index (χ0v) is 11.6. The molecule has 1 heterocycles. The van der Waals surface area contributed by atoms with Crippen molar-refractivity contribution >= 4 is 17.9 Å². The quantitative estimate of drug-likeness (QED) is 0.619. The van der Waals surface area contributed by atoms with Crippen molar-refractivity contribution in [3.05, 3.63) is 0 Å². The molecule has 3 N–H and O–H groups in total. The van der Waals surface area contributed by atoms with Gasteiger partial charge in [0.1, 0.15) is 0 Å². The number of aliphatic carboxylic acids is 1. The summed E-state index contributed by atoms with van der Waals surface area (Å²) in [5, 5.41) is 14.6. The van der Waals surface area contributed by atoms with Crippen molar-refractivity contribution in [1.29, 1.82) is 0 Å². The smallest absolute Gasteiger partial charge is 0.317 e. The second-order valence-electron chi connectivity index (χ2n) is 5.83. The highest BCUT2D eigenvalue weighted by atomic mass is 16.4. The van der Waals surface area contributed by atoms with Gasteiger partial charge in [0.25, 0.3) is 0 Å². The summed E-state index contributed by atoms with van der Waals surface area (Å²) in [6.07, 6.45) is 2.38. The first-order chi connectivity index (χ1) is 9.42. The molecule has 1 aliphatic carbocycles. The van der Waals surface area contributed by atoms with Gasteiger partial charge in [-0.3, -0.25) is 9.59 Å². The highest BCUT2D eigenvalue weighted by molar-refractivity contribution is 5.81. The molecule has 2 rings (SSSR count). The molecule has 2 fully saturated rings. The fourth-order valence-electron chi connectivity index (χ4n) is 2.27. The lowest BCUT2D eigenvalue weighted by Crippen LogP contribution is -2.43. The van der Waals surface area contributed by atoms with E-state index in [1.54, 1.807) is 6.92 Å². The van der Waals surface area contributed by atoms with E-state index in [1.807, 2.05) is 0 Å². The Morgan fingerprint density at radius 3 is 2.45 bits per heavy atom. The van der Waals surface area contributed by atoms with Crippen molar-refractivity contribution < 1.29 is 19.5 Å². The van der Waals surface area contributed by atoms with E-state index in [1.165, 1.54) is 4.90 Å². The van der Waals surface area contributed by atoms with Crippen LogP contribution >= 0.6 is 0 Å². The molecule has 112 valence electrons. The van der Waals surface area contributed by atoms with Gasteiger partial charge in [-0.1, -0.05) is 0 Å². The molecule has 0 aromatic heterocycles. The van der Waals surface area contributed by atoms with E-state index in [4.69, 9.17) is 5.11 Å². The van der Waals surface area contributed by atoms with Gasteiger partial charge in [0.15, 0.2) is 0 Å². The molecule has 20 heavy (non-hydrogen) atoms. The van der Waals surface area contributed by atoms with Crippen LogP contribution in [0, 0.1) is 11.3 Å². The third kappa shape index (κ3) is 3.40. The van der Waals surface area contributed by atoms with Gasteiger partial charge in [0, 0.05) is 32.1 Å². The van der Waals surface area contributed by atoms with E-state index in [0.717, 1.165) is 12.8 Å². The van der Waals surface area contributed by atoms with Crippen LogP contribution in [-0.4, -0.2) is 54.1 Å². The van der Waals surface area contributed by atoms with Crippen molar-refractivity contribution in [2.75, 3.05) is 26.2 Å². The van der Waals surface area contributed by atoms with Gasteiger partial charge in [-0.05, 0) is 26.2 Å². The van der Waals surface area contributed by atoms with Crippen molar-refractivity contribution in [1.82, 2.24) is 15.5 Å². The summed E-state index contributed by atoms with van der Waals surface area (Å²) < 4.78 is 0. The van der Waals surface area contributed by atoms with Gasteiger partial charge in [0.05, 0.1) is 5.41 Å². The molecule has 1 aliphatic heterocycles. The molecule has 7 heteroatoms. The summed E-state index contributed by atoms with van der Waals surface area (Å²) in [7, 11) is 0. The van der Waals surface area contributed by atoms with Gasteiger partial charge in [0.2, 0.25) is 5.91 Å². The van der Waals surface area contributed by atoms with Gasteiger partial charge in [-0.25, -0.2) is 4.79 Å². The molecule has 2 aliphatic rings. The maximum atomic E-state index is 11.9. The summed E-state index contributed by atoms with van der Waals surface area (Å²) in [4.78, 5) is 35.8. The lowest BCUT2D eigenvalue weighted by Gasteiger charge is -2.20. The first-order valence-electron chi connectivity index (χ1n) is 6.96. The summed E-state index contributed by atoms with van der Waals surface area (Å²) in [5.41, 5.74) is -0.850. The average Bonchev–Trinajstić information content (AvgIpc) is 3.17. The van der Waals surface area contributed by atoms with Gasteiger partial charge >= 0.3 is 12.0 Å². The monoisotopic (exact) mass is 283 g/mol. The van der Waals surface area contributed by atoms with Crippen molar-refractivity contribution in [3.8, 4) is 0 Å². The van der Waals surface area contributed by atoms with Crippen LogP contribution in [0.3, 0.4) is 0 Å². The Kier molecular flexibility index (Phi) is 4.15. The van der Waals surface area contributed by atoms with Crippen LogP contribution in [0.2, 0.25) is 0 Å². The predicted molar refractivity (Wildman–Crippen MR) is 71.1 cm³/mol. The SMILES string of the molecule is CC1(C(=O)O)CCN(C(=O)NCCNC(=O)C2CC2)C1. The van der Waals surface area contributed by atoms with Crippen LogP contribution in [-0.2, 0) is 9.59 Å². The van der Waals surface area contributed by atoms with Crippen LogP contribution < -0.4 is 10.6 Å². The standard InChI is InChI=1S/C13H21N3O4/c1-13(11(18)19)4-7-16(8-13)12(20)15-6-5-14-10(17)9-2-3-9/h9H,2-8H2,1H3,(H,14,17)(H,15,20)(H,18,19). The van der Waals surface area contributed by atoms with E-state index in [2.05, 4.69) is 10.6 Å². The summed E-state index contributed by atoms with van der Waals surface area (Å²) in [6, 6.07) is -0.268. The molecule has 7 nitrogen and oxygen atoms in total. The molecule has 0 bridgehead atoms. The Hall–Kier alpha value is -1.79. The minimum atomic E-state index is -0.871. The third-order valence-corrected chi connectivity index (χ3v) is 3.93. The summed E-state index contributed by atoms with van der Waals surface area (Å²) in [6.45, 7) is 3.09. The Bertz CT molecular complexity index is 422. The van der Waals surface area contributed by atoms with Crippen LogP contribution in [0.5, 0.6) is 0 Å². The highest BCUT2D eigenvalue weighted by Gasteiger charge is 2.42. The average molecular weight is 283 g/mol. The molecule has 1 unspecified atom stereocenters. The molecule has 1 atom stereocenters. The minimum Gasteiger partial charge on any atom is -0.481 e. The van der Waals surface area contributed by atoms with Crippen molar-refractivity contribution in [3.63, 3.8) is 0 Å². The van der Waals surface area contributed by atoms with Gasteiger partial charge in [-0.15, -0.1) is 0 Å². The topological polar surface area (TPSA) is 98.7 Å². The number of rotatable bonds is 5. The molecule has 1 saturated carbocycles. The van der Waals surface area contributed by atoms with E-state index < -0.39 is 11.4 Å². The van der Waals surface area contributed by atoms with E-state index >= 15 is 0 Å². The Labute approximate surface area is 117 Å². The van der Waals surface area contributed by atoms with Crippen LogP contribution in [0.1, 0.15) is 26.2 Å². The molecule has 0 aromatic rings. The number of carboxylic acid groups (broad SMARTS) is 1. The highest BCUT2D eigenvalue weighted by Crippen LogP contribution is 2.30. The number of amides is 3. The molecular weight excluding hydrogens is 262 g/mol. The number of likely N-dealkylation sites (tertiary alicyclic amines) is 1. The first kappa shape index (κ1) is 14.6. The number of nitrogens with one attached hydrogen (secondary N) is 2. The fraction of sp³-hybridized carbons (Fsp3) is 0.769. The third-order valence-electron chi connectivity index (χ3n) is 3.93. The maximum absolute atomic E-state index is 11.9. The number of carboxylic acids is 1. The number of hydrogen-bond donors (Lipinski definition) is 3. The Morgan fingerprint density at radius 1 is 1.25 bits per heavy atom. The zero-order valence-electron chi connectivity index (χ0n) is 11.6. The second-order valence-corrected chi connectivity index (χ2v) is 5.83. The molecular formula is C13H21N3O4. The summed E-state index contributed by atoms with van der Waals surface area (Å²) >= 11 is 0. The Morgan fingerprint density at radius 2 is 1.90 bits per heavy atom. The first-order valence-corrected chi connectivity index (χ1v) is 6.96. The minimum absolute atomic E-state index is 0.0545. The van der Waals surface area contributed by atoms with E-state index in [0.29, 0.717) is 26.1 Å². The Balaban J connectivity index is 1.65. The maximum Gasteiger partial charge on any atom is 0.317 e. The van der Waals surface area contributed by atoms with Crippen molar-refractivity contribution in [2.45, 2.75) is 26.2 Å². The van der Waals surface area contributed by atoms with Crippen LogP contribution in [0.25, 0.3) is 0 Å². The molecule has 1 saturated heterocycles. The van der Waals surface area contributed by atoms with E-state index in [9.17, 15) is 14.4 Å². The number of urea groups is 1. The largest absolute Gasteiger partial charge is 0.481 e. The van der Waals surface area contributed by atoms with Crippen LogP contribution in [0.15, 0.2) is 0 Å². The zero-order chi connectivity index (χ0) is 14.8. The second kappa shape index (κ2) is 5.68. The lowest BCUT2D eigenvalue weighted by atomic mass is 9.90. The predicted octanol–water partition coefficient (Wildman–Crippen LogP) is 0.0188. The van der Waals surface area contributed by atoms with Crippen molar-refractivity contribution in [2.24, 2.45) is 11.3 Å². The lowest BCUT2D eigenvalue weighted by molar-refractivity contribution is -0.147. The fourth-order valence-corrected chi connectivity index (χ4v) is 2.27. The van der Waals surface area contributed by atoms with Crippen LogP contribution in [0.4, 0.5) is 4.79 Å². The number of carbonyl (C=O) groups is 3. The summed E-state index contributed by atoms with van der Waals surface area (Å²) in [5.74, 6) is -0.649. The van der Waals surface area contributed by atoms with E-state index in [-0.39, 0.29) is 24.4 Å². The molecule has 0 spiro atoms. The number of carbonyl (C=O) groups excluding carboxylic acids is 2. The normalized spacial score (nSPS) is 25.4. The molecule has 0 radical (unpaired) electrons. The number of nitrogens with zero attached hydrogens (tertiary/aromatic N) is 1. The molecule has 3 amide bonds. The molecule has 0 aromatic carbocycles. The van der Waals surface area contributed by atoms with Gasteiger partial charge in [-0.2, -0.15) is 0 Å². The van der Waals surface area contributed by atoms with Gasteiger partial charge < -0.3 is 20.6 Å². The number of hydrogen-bond acceptors (Lipinski definition) is 3.